The van der Waals surface area contributed by atoms with Crippen molar-refractivity contribution in [2.45, 2.75) is 76.0 Å². The van der Waals surface area contributed by atoms with Gasteiger partial charge in [-0.05, 0) is 127 Å². The number of phenolic OH excluding ortho intramolecular Hbond substituents is 1. The van der Waals surface area contributed by atoms with Gasteiger partial charge < -0.3 is 35.7 Å². The molecule has 1 unspecified atom stereocenters. The monoisotopic (exact) mass is 916 g/mol. The first-order chi connectivity index (χ1) is 32.5. The van der Waals surface area contributed by atoms with E-state index in [0.29, 0.717) is 40.7 Å². The van der Waals surface area contributed by atoms with E-state index in [1.54, 1.807) is 42.5 Å². The normalized spacial score (nSPS) is 16.6. The summed E-state index contributed by atoms with van der Waals surface area (Å²) in [5, 5.41) is 40.4. The summed E-state index contributed by atoms with van der Waals surface area (Å²) in [6.07, 6.45) is 4.74. The van der Waals surface area contributed by atoms with Gasteiger partial charge in [-0.15, -0.1) is 11.3 Å². The van der Waals surface area contributed by atoms with E-state index in [-0.39, 0.29) is 40.8 Å². The van der Waals surface area contributed by atoms with E-state index in [1.807, 2.05) is 60.7 Å². The zero-order chi connectivity index (χ0) is 46.4. The number of hydrogen-bond donors (Lipinski definition) is 6. The average Bonchev–Trinajstić information content (AvgIpc) is 3.85. The van der Waals surface area contributed by atoms with Gasteiger partial charge in [-0.2, -0.15) is 0 Å². The third kappa shape index (κ3) is 10.4. The highest BCUT2D eigenvalue weighted by molar-refractivity contribution is 7.15. The van der Waals surface area contributed by atoms with Crippen LogP contribution in [0.2, 0.25) is 0 Å². The molecule has 1 saturated heterocycles. The molecule has 2 aromatic heterocycles. The standard InChI is InChI=1S/C55H56N4O7S/c60-47-21-19-45(46-20-23-50(62)58-51(46)47)48(61)35-56-33-37-14-16-39(17-15-37)52(63)57-34-44-18-22-49(67-44)40-10-7-13-42(32-40)55(65,41-11-5-2-6-12-41)53(64)66-43-24-26-54(27-25-43)28-30-59(31-29-54)36-38-8-3-1-4-9-38/h1-23,32,43,48,56,60-61,65H,24-31,33-36H2,(H,57,63)(H,58,62)/t48-,55?/m0/s1. The number of piperidine rings is 1. The Morgan fingerprint density at radius 2 is 1.51 bits per heavy atom. The molecule has 1 aliphatic heterocycles. The molecule has 12 heteroatoms. The number of aliphatic hydroxyl groups excluding tert-OH is 1. The molecule has 344 valence electrons. The molecule has 0 bridgehead atoms. The average molecular weight is 917 g/mol. The van der Waals surface area contributed by atoms with Crippen LogP contribution in [0.3, 0.4) is 0 Å². The van der Waals surface area contributed by atoms with E-state index in [2.05, 4.69) is 50.8 Å². The largest absolute Gasteiger partial charge is 0.506 e. The molecular weight excluding hydrogens is 861 g/mol. The second-order valence-electron chi connectivity index (χ2n) is 18.1. The van der Waals surface area contributed by atoms with E-state index < -0.39 is 17.7 Å². The summed E-state index contributed by atoms with van der Waals surface area (Å²) >= 11 is 1.53. The first-order valence-electron chi connectivity index (χ1n) is 23.1. The third-order valence-electron chi connectivity index (χ3n) is 13.7. The SMILES string of the molecule is O=C(NCc1ccc(-c2cccc(C(O)(C(=O)OC3CCC4(CC3)CCN(Cc3ccccc3)CC4)c3ccccc3)c2)s1)c1ccc(CNC[C@H](O)c2ccc(O)c3[nH]c(=O)ccc23)cc1. The Balaban J connectivity index is 0.783. The second kappa shape index (κ2) is 20.2. The summed E-state index contributed by atoms with van der Waals surface area (Å²) < 4.78 is 6.24. The molecule has 1 spiro atoms. The fourth-order valence-corrected chi connectivity index (χ4v) is 10.7. The number of carbonyl (C=O) groups is 2. The van der Waals surface area contributed by atoms with Gasteiger partial charge in [0.15, 0.2) is 0 Å². The zero-order valence-corrected chi connectivity index (χ0v) is 38.1. The quantitative estimate of drug-likeness (QED) is 0.0553. The molecular formula is C55H56N4O7S. The molecule has 1 saturated carbocycles. The number of fused-ring (bicyclic) bond motifs is 1. The summed E-state index contributed by atoms with van der Waals surface area (Å²) in [7, 11) is 0. The molecule has 6 N–H and O–H groups in total. The fraction of sp³-hybridized carbons (Fsp3) is 0.291. The van der Waals surface area contributed by atoms with Crippen molar-refractivity contribution in [3.8, 4) is 16.2 Å². The number of likely N-dealkylation sites (tertiary alicyclic amines) is 1. The third-order valence-corrected chi connectivity index (χ3v) is 14.9. The van der Waals surface area contributed by atoms with E-state index in [1.165, 1.54) is 29.0 Å². The van der Waals surface area contributed by atoms with Gasteiger partial charge in [0, 0.05) is 52.0 Å². The van der Waals surface area contributed by atoms with Crippen LogP contribution in [0, 0.1) is 5.41 Å². The highest BCUT2D eigenvalue weighted by Crippen LogP contribution is 2.46. The van der Waals surface area contributed by atoms with Crippen LogP contribution in [0.25, 0.3) is 21.3 Å². The number of aliphatic hydroxyl groups is 2. The molecule has 2 aliphatic rings. The number of aromatic amines is 1. The van der Waals surface area contributed by atoms with Crippen LogP contribution < -0.4 is 16.2 Å². The first kappa shape index (κ1) is 45.7. The number of esters is 1. The van der Waals surface area contributed by atoms with Crippen LogP contribution in [0.15, 0.2) is 150 Å². The number of phenols is 1. The second-order valence-corrected chi connectivity index (χ2v) is 19.3. The molecule has 67 heavy (non-hydrogen) atoms. The maximum atomic E-state index is 14.3. The molecule has 2 fully saturated rings. The van der Waals surface area contributed by atoms with Crippen LogP contribution in [-0.4, -0.2) is 62.8 Å². The van der Waals surface area contributed by atoms with Crippen LogP contribution in [0.5, 0.6) is 5.75 Å². The molecule has 1 aliphatic carbocycles. The maximum absolute atomic E-state index is 14.3. The smallest absolute Gasteiger partial charge is 0.347 e. The fourth-order valence-electron chi connectivity index (χ4n) is 9.75. The van der Waals surface area contributed by atoms with E-state index in [0.717, 1.165) is 79.0 Å². The van der Waals surface area contributed by atoms with Gasteiger partial charge in [-0.25, -0.2) is 4.79 Å². The van der Waals surface area contributed by atoms with Crippen molar-refractivity contribution in [2.24, 2.45) is 5.41 Å². The van der Waals surface area contributed by atoms with E-state index in [4.69, 9.17) is 4.74 Å². The Bertz CT molecular complexity index is 2870. The van der Waals surface area contributed by atoms with Crippen LogP contribution >= 0.6 is 11.3 Å². The van der Waals surface area contributed by atoms with Gasteiger partial charge in [0.2, 0.25) is 11.2 Å². The molecule has 9 rings (SSSR count). The molecule has 5 aromatic carbocycles. The minimum atomic E-state index is -2.01. The number of carbonyl (C=O) groups excluding carboxylic acids is 2. The van der Waals surface area contributed by atoms with Gasteiger partial charge in [0.1, 0.15) is 11.9 Å². The summed E-state index contributed by atoms with van der Waals surface area (Å²) in [6.45, 7) is 4.12. The van der Waals surface area contributed by atoms with Gasteiger partial charge in [0.05, 0.1) is 18.2 Å². The Labute approximate surface area is 394 Å². The van der Waals surface area contributed by atoms with E-state index >= 15 is 0 Å². The van der Waals surface area contributed by atoms with Crippen molar-refractivity contribution < 1.29 is 29.6 Å². The highest BCUT2D eigenvalue weighted by Gasteiger charge is 2.45. The molecule has 1 amide bonds. The number of rotatable bonds is 15. The van der Waals surface area contributed by atoms with Gasteiger partial charge in [0.25, 0.3) is 5.91 Å². The summed E-state index contributed by atoms with van der Waals surface area (Å²) in [5.74, 6) is -0.939. The minimum absolute atomic E-state index is 0.0640. The number of aromatic hydroxyl groups is 1. The first-order valence-corrected chi connectivity index (χ1v) is 23.9. The number of pyridine rings is 1. The molecule has 2 atom stereocenters. The lowest BCUT2D eigenvalue weighted by Crippen LogP contribution is -2.44. The van der Waals surface area contributed by atoms with Crippen LogP contribution in [-0.2, 0) is 34.8 Å². The Kier molecular flexibility index (Phi) is 13.8. The van der Waals surface area contributed by atoms with Crippen LogP contribution in [0.1, 0.15) is 87.7 Å². The molecule has 7 aromatic rings. The number of hydrogen-bond acceptors (Lipinski definition) is 10. The van der Waals surface area contributed by atoms with Crippen molar-refractivity contribution in [2.75, 3.05) is 19.6 Å². The summed E-state index contributed by atoms with van der Waals surface area (Å²) in [4.78, 5) is 46.3. The number of aromatic nitrogens is 1. The van der Waals surface area contributed by atoms with E-state index in [9.17, 15) is 29.7 Å². The number of ether oxygens (including phenoxy) is 1. The van der Waals surface area contributed by atoms with Crippen molar-refractivity contribution in [1.82, 2.24) is 20.5 Å². The molecule has 3 heterocycles. The Hall–Kier alpha value is -6.41. The van der Waals surface area contributed by atoms with Crippen LogP contribution in [0.4, 0.5) is 0 Å². The van der Waals surface area contributed by atoms with Gasteiger partial charge >= 0.3 is 5.97 Å². The van der Waals surface area contributed by atoms with Gasteiger partial charge in [-0.1, -0.05) is 97.1 Å². The predicted octanol–water partition coefficient (Wildman–Crippen LogP) is 8.72. The predicted molar refractivity (Wildman–Crippen MR) is 261 cm³/mol. The number of thiophene rings is 1. The zero-order valence-electron chi connectivity index (χ0n) is 37.3. The number of benzene rings is 5. The van der Waals surface area contributed by atoms with Crippen molar-refractivity contribution in [3.63, 3.8) is 0 Å². The minimum Gasteiger partial charge on any atom is -0.506 e. The lowest BCUT2D eigenvalue weighted by molar-refractivity contribution is -0.171. The Morgan fingerprint density at radius 1 is 0.791 bits per heavy atom. The Morgan fingerprint density at radius 3 is 2.25 bits per heavy atom. The topological polar surface area (TPSA) is 164 Å². The number of amides is 1. The molecule has 11 nitrogen and oxygen atoms in total. The molecule has 0 radical (unpaired) electrons. The number of nitrogens with zero attached hydrogens (tertiary/aromatic N) is 1. The summed E-state index contributed by atoms with van der Waals surface area (Å²) in [5.41, 5.74) is 3.29. The summed E-state index contributed by atoms with van der Waals surface area (Å²) in [6, 6.07) is 44.4. The number of nitrogens with one attached hydrogen (secondary N) is 3. The lowest BCUT2D eigenvalue weighted by Gasteiger charge is -2.46. The van der Waals surface area contributed by atoms with Gasteiger partial charge in [-0.3, -0.25) is 14.5 Å². The maximum Gasteiger partial charge on any atom is 0.347 e. The van der Waals surface area contributed by atoms with Crippen molar-refractivity contribution in [3.05, 3.63) is 194 Å². The number of H-pyrrole nitrogens is 1. The lowest BCUT2D eigenvalue weighted by atomic mass is 9.67. The van der Waals surface area contributed by atoms with Crippen molar-refractivity contribution >= 4 is 34.1 Å². The highest BCUT2D eigenvalue weighted by atomic mass is 32.1. The van der Waals surface area contributed by atoms with Crippen molar-refractivity contribution in [1.29, 1.82) is 0 Å².